The first kappa shape index (κ1) is 19.4. The Morgan fingerprint density at radius 2 is 1.85 bits per heavy atom. The van der Waals surface area contributed by atoms with Crippen molar-refractivity contribution < 1.29 is 19.2 Å². The Kier molecular flexibility index (Phi) is 7.11. The van der Waals surface area contributed by atoms with Crippen LogP contribution in [0.2, 0.25) is 0 Å². The molecule has 1 amide bonds. The van der Waals surface area contributed by atoms with E-state index in [1.807, 2.05) is 0 Å². The standard InChI is InChI=1S/C18H17ClN2O5/c19-11-17(22)9-6-13-4-7-15(8-5-13)20-18(23)26-12-14-2-1-3-16(10-14)21(24)25/h1-5,7-8,10H,6,9,11-12H2,(H,20,23). The summed E-state index contributed by atoms with van der Waals surface area (Å²) in [6, 6.07) is 12.9. The smallest absolute Gasteiger partial charge is 0.411 e. The van der Waals surface area contributed by atoms with Gasteiger partial charge in [-0.3, -0.25) is 20.2 Å². The summed E-state index contributed by atoms with van der Waals surface area (Å²) in [7, 11) is 0. The molecule has 2 aromatic rings. The lowest BCUT2D eigenvalue weighted by molar-refractivity contribution is -0.384. The molecule has 2 aromatic carbocycles. The molecule has 0 bridgehead atoms. The summed E-state index contributed by atoms with van der Waals surface area (Å²) in [6.45, 7) is -0.0772. The van der Waals surface area contributed by atoms with Crippen molar-refractivity contribution in [2.24, 2.45) is 0 Å². The maximum atomic E-state index is 11.8. The van der Waals surface area contributed by atoms with Gasteiger partial charge in [-0.1, -0.05) is 24.3 Å². The molecule has 0 unspecified atom stereocenters. The van der Waals surface area contributed by atoms with E-state index in [-0.39, 0.29) is 24.0 Å². The highest BCUT2D eigenvalue weighted by atomic mass is 35.5. The number of nitro benzene ring substituents is 1. The van der Waals surface area contributed by atoms with E-state index in [2.05, 4.69) is 5.32 Å². The van der Waals surface area contributed by atoms with Gasteiger partial charge in [0.15, 0.2) is 0 Å². The van der Waals surface area contributed by atoms with Crippen molar-refractivity contribution in [3.63, 3.8) is 0 Å². The van der Waals surface area contributed by atoms with Crippen LogP contribution in [-0.4, -0.2) is 22.7 Å². The molecule has 8 heteroatoms. The maximum Gasteiger partial charge on any atom is 0.411 e. The summed E-state index contributed by atoms with van der Waals surface area (Å²) in [5.41, 5.74) is 1.96. The highest BCUT2D eigenvalue weighted by Gasteiger charge is 2.08. The van der Waals surface area contributed by atoms with Crippen molar-refractivity contribution in [3.8, 4) is 0 Å². The molecule has 0 atom stereocenters. The van der Waals surface area contributed by atoms with Crippen molar-refractivity contribution in [1.82, 2.24) is 0 Å². The number of Topliss-reactive ketones (excluding diaryl/α,β-unsaturated/α-hetero) is 1. The molecular formula is C18H17ClN2O5. The van der Waals surface area contributed by atoms with E-state index in [0.717, 1.165) is 5.56 Å². The Labute approximate surface area is 155 Å². The molecule has 136 valence electrons. The van der Waals surface area contributed by atoms with Gasteiger partial charge < -0.3 is 4.74 Å². The number of aryl methyl sites for hydroxylation is 1. The van der Waals surface area contributed by atoms with E-state index in [0.29, 0.717) is 24.1 Å². The predicted molar refractivity (Wildman–Crippen MR) is 97.4 cm³/mol. The first-order chi connectivity index (χ1) is 12.5. The quantitative estimate of drug-likeness (QED) is 0.425. The summed E-state index contributed by atoms with van der Waals surface area (Å²) < 4.78 is 5.06. The number of nitrogens with one attached hydrogen (secondary N) is 1. The number of ether oxygens (including phenoxy) is 1. The zero-order valence-electron chi connectivity index (χ0n) is 13.8. The number of non-ortho nitro benzene ring substituents is 1. The molecule has 0 saturated carbocycles. The molecule has 7 nitrogen and oxygen atoms in total. The van der Waals surface area contributed by atoms with Crippen LogP contribution in [0, 0.1) is 10.1 Å². The van der Waals surface area contributed by atoms with Crippen molar-refractivity contribution in [1.29, 1.82) is 0 Å². The van der Waals surface area contributed by atoms with Gasteiger partial charge in [0.1, 0.15) is 12.4 Å². The van der Waals surface area contributed by atoms with Crippen molar-refractivity contribution in [2.75, 3.05) is 11.2 Å². The monoisotopic (exact) mass is 376 g/mol. The van der Waals surface area contributed by atoms with Gasteiger partial charge in [0.2, 0.25) is 0 Å². The van der Waals surface area contributed by atoms with E-state index in [4.69, 9.17) is 16.3 Å². The number of carbonyl (C=O) groups excluding carboxylic acids is 2. The third-order valence-electron chi connectivity index (χ3n) is 3.53. The zero-order valence-corrected chi connectivity index (χ0v) is 14.6. The van der Waals surface area contributed by atoms with Crippen LogP contribution in [-0.2, 0) is 22.6 Å². The number of nitro groups is 1. The summed E-state index contributed by atoms with van der Waals surface area (Å²) in [4.78, 5) is 33.2. The highest BCUT2D eigenvalue weighted by molar-refractivity contribution is 6.27. The zero-order chi connectivity index (χ0) is 18.9. The molecule has 26 heavy (non-hydrogen) atoms. The number of amides is 1. The molecule has 0 spiro atoms. The van der Waals surface area contributed by atoms with Crippen LogP contribution >= 0.6 is 11.6 Å². The van der Waals surface area contributed by atoms with Crippen LogP contribution in [0.5, 0.6) is 0 Å². The van der Waals surface area contributed by atoms with E-state index >= 15 is 0 Å². The fourth-order valence-corrected chi connectivity index (χ4v) is 2.30. The summed E-state index contributed by atoms with van der Waals surface area (Å²) in [6.07, 6.45) is 0.298. The lowest BCUT2D eigenvalue weighted by Crippen LogP contribution is -2.13. The topological polar surface area (TPSA) is 98.5 Å². The van der Waals surface area contributed by atoms with Gasteiger partial charge in [0.25, 0.3) is 5.69 Å². The van der Waals surface area contributed by atoms with Crippen LogP contribution in [0.15, 0.2) is 48.5 Å². The van der Waals surface area contributed by atoms with Gasteiger partial charge in [-0.2, -0.15) is 0 Å². The molecule has 0 heterocycles. The van der Waals surface area contributed by atoms with Crippen molar-refractivity contribution >= 4 is 34.9 Å². The fraction of sp³-hybridized carbons (Fsp3) is 0.222. The van der Waals surface area contributed by atoms with Gasteiger partial charge in [-0.25, -0.2) is 4.79 Å². The number of hydrogen-bond donors (Lipinski definition) is 1. The Morgan fingerprint density at radius 3 is 2.50 bits per heavy atom. The SMILES string of the molecule is O=C(CCl)CCc1ccc(NC(=O)OCc2cccc([N+](=O)[O-])c2)cc1. The summed E-state index contributed by atoms with van der Waals surface area (Å²) in [5.74, 6) is -0.00522. The van der Waals surface area contributed by atoms with Gasteiger partial charge in [-0.15, -0.1) is 11.6 Å². The molecule has 2 rings (SSSR count). The van der Waals surface area contributed by atoms with E-state index < -0.39 is 11.0 Å². The molecule has 0 aliphatic rings. The molecular weight excluding hydrogens is 360 g/mol. The van der Waals surface area contributed by atoms with Crippen LogP contribution < -0.4 is 5.32 Å². The minimum Gasteiger partial charge on any atom is -0.444 e. The van der Waals surface area contributed by atoms with Gasteiger partial charge in [-0.05, 0) is 29.7 Å². The minimum absolute atomic E-state index is 0.00997. The van der Waals surface area contributed by atoms with Gasteiger partial charge in [0.05, 0.1) is 10.8 Å². The number of hydrogen-bond acceptors (Lipinski definition) is 5. The molecule has 0 aromatic heterocycles. The molecule has 0 saturated heterocycles. The number of anilines is 1. The average molecular weight is 377 g/mol. The molecule has 0 aliphatic carbocycles. The Bertz CT molecular complexity index is 792. The summed E-state index contributed by atoms with van der Waals surface area (Å²) in [5, 5.41) is 13.3. The Hall–Kier alpha value is -2.93. The number of rotatable bonds is 8. The molecule has 1 N–H and O–H groups in total. The minimum atomic E-state index is -0.665. The predicted octanol–water partition coefficient (Wildman–Crippen LogP) is 4.08. The average Bonchev–Trinajstić information content (AvgIpc) is 2.65. The second kappa shape index (κ2) is 9.53. The normalized spacial score (nSPS) is 10.2. The van der Waals surface area contributed by atoms with Crippen LogP contribution in [0.4, 0.5) is 16.2 Å². The number of carbonyl (C=O) groups is 2. The van der Waals surface area contributed by atoms with E-state index in [1.54, 1.807) is 30.3 Å². The highest BCUT2D eigenvalue weighted by Crippen LogP contribution is 2.15. The van der Waals surface area contributed by atoms with E-state index in [9.17, 15) is 19.7 Å². The molecule has 0 aliphatic heterocycles. The van der Waals surface area contributed by atoms with Crippen molar-refractivity contribution in [3.05, 3.63) is 69.8 Å². The molecule has 0 fully saturated rings. The second-order valence-electron chi connectivity index (χ2n) is 5.50. The number of benzene rings is 2. The van der Waals surface area contributed by atoms with Gasteiger partial charge in [0, 0.05) is 24.2 Å². The summed E-state index contributed by atoms with van der Waals surface area (Å²) >= 11 is 5.45. The van der Waals surface area contributed by atoms with Gasteiger partial charge >= 0.3 is 6.09 Å². The number of nitrogens with zero attached hydrogens (tertiary/aromatic N) is 1. The lowest BCUT2D eigenvalue weighted by atomic mass is 10.1. The largest absolute Gasteiger partial charge is 0.444 e. The lowest BCUT2D eigenvalue weighted by Gasteiger charge is -2.08. The Balaban J connectivity index is 1.83. The fourth-order valence-electron chi connectivity index (χ4n) is 2.17. The first-order valence-electron chi connectivity index (χ1n) is 7.81. The number of alkyl halides is 1. The second-order valence-corrected chi connectivity index (χ2v) is 5.76. The number of ketones is 1. The third-order valence-corrected chi connectivity index (χ3v) is 3.83. The van der Waals surface area contributed by atoms with Crippen LogP contribution in [0.3, 0.4) is 0 Å². The third kappa shape index (κ3) is 6.18. The number of halogens is 1. The van der Waals surface area contributed by atoms with Crippen LogP contribution in [0.25, 0.3) is 0 Å². The van der Waals surface area contributed by atoms with E-state index in [1.165, 1.54) is 18.2 Å². The first-order valence-corrected chi connectivity index (χ1v) is 8.35. The van der Waals surface area contributed by atoms with Crippen LogP contribution in [0.1, 0.15) is 17.5 Å². The maximum absolute atomic E-state index is 11.8. The van der Waals surface area contributed by atoms with Crippen molar-refractivity contribution in [2.45, 2.75) is 19.4 Å². The molecule has 0 radical (unpaired) electrons. The Morgan fingerprint density at radius 1 is 1.12 bits per heavy atom.